The fourth-order valence-corrected chi connectivity index (χ4v) is 2.28. The van der Waals surface area contributed by atoms with Crippen LogP contribution in [0.3, 0.4) is 0 Å². The van der Waals surface area contributed by atoms with Gasteiger partial charge >= 0.3 is 5.69 Å². The Morgan fingerprint density at radius 3 is 2.52 bits per heavy atom. The van der Waals surface area contributed by atoms with Gasteiger partial charge in [0.2, 0.25) is 5.91 Å². The number of anilines is 2. The first-order valence-corrected chi connectivity index (χ1v) is 8.99. The Hall–Kier alpha value is -2.09. The molecule has 8 nitrogen and oxygen atoms in total. The molecule has 0 aliphatic heterocycles. The van der Waals surface area contributed by atoms with Crippen LogP contribution < -0.4 is 27.6 Å². The molecule has 1 aromatic heterocycles. The molecule has 1 amide bonds. The van der Waals surface area contributed by atoms with Crippen LogP contribution in [0.1, 0.15) is 53.4 Å². The molecule has 1 atom stereocenters. The molecule has 0 aliphatic rings. The topological polar surface area (TPSA) is 122 Å². The number of hydrogen-bond acceptors (Lipinski definition) is 5. The van der Waals surface area contributed by atoms with E-state index in [1.54, 1.807) is 6.92 Å². The van der Waals surface area contributed by atoms with E-state index in [-0.39, 0.29) is 11.5 Å². The van der Waals surface area contributed by atoms with Gasteiger partial charge in [0.25, 0.3) is 5.56 Å². The van der Waals surface area contributed by atoms with Gasteiger partial charge in [-0.3, -0.25) is 19.1 Å². The molecule has 0 fully saturated rings. The van der Waals surface area contributed by atoms with Crippen molar-refractivity contribution in [3.63, 3.8) is 0 Å². The van der Waals surface area contributed by atoms with Crippen molar-refractivity contribution < 1.29 is 4.79 Å². The zero-order valence-electron chi connectivity index (χ0n) is 15.6. The highest BCUT2D eigenvalue weighted by molar-refractivity contribution is 5.96. The number of aromatic amines is 1. The van der Waals surface area contributed by atoms with Crippen molar-refractivity contribution in [1.82, 2.24) is 9.55 Å². The molecule has 0 aromatic carbocycles. The Bertz CT molecular complexity index is 678. The van der Waals surface area contributed by atoms with Crippen molar-refractivity contribution in [1.29, 1.82) is 0 Å². The zero-order chi connectivity index (χ0) is 19.0. The van der Waals surface area contributed by atoms with Gasteiger partial charge in [-0.15, -0.1) is 0 Å². The molecule has 0 bridgehead atoms. The Morgan fingerprint density at radius 2 is 1.96 bits per heavy atom. The molecule has 0 saturated carbocycles. The van der Waals surface area contributed by atoms with Gasteiger partial charge in [0.05, 0.1) is 6.04 Å². The number of nitrogens with one attached hydrogen (secondary N) is 3. The van der Waals surface area contributed by atoms with Crippen LogP contribution in [0.15, 0.2) is 9.59 Å². The second-order valence-corrected chi connectivity index (χ2v) is 6.60. The summed E-state index contributed by atoms with van der Waals surface area (Å²) >= 11 is 0. The predicted octanol–water partition coefficient (Wildman–Crippen LogP) is 1.47. The average Bonchev–Trinajstić information content (AvgIpc) is 2.55. The summed E-state index contributed by atoms with van der Waals surface area (Å²) in [5.41, 5.74) is 4.90. The van der Waals surface area contributed by atoms with Crippen molar-refractivity contribution in [2.75, 3.05) is 17.2 Å². The highest BCUT2D eigenvalue weighted by Gasteiger charge is 2.19. The third-order valence-electron chi connectivity index (χ3n) is 3.98. The number of unbranched alkanes of at least 4 members (excludes halogenated alkanes) is 1. The lowest BCUT2D eigenvalue weighted by molar-refractivity contribution is -0.117. The SMILES string of the molecule is CCCCn1c(NC(=O)[C@@H](N)CC)c(NCCC(C)C)c(=O)[nH]c1=O. The molecule has 5 N–H and O–H groups in total. The molecular formula is C17H31N5O3. The Balaban J connectivity index is 3.28. The number of H-pyrrole nitrogens is 1. The summed E-state index contributed by atoms with van der Waals surface area (Å²) in [6.45, 7) is 8.93. The van der Waals surface area contributed by atoms with Gasteiger partial charge < -0.3 is 16.4 Å². The minimum absolute atomic E-state index is 0.194. The lowest BCUT2D eigenvalue weighted by atomic mass is 10.1. The summed E-state index contributed by atoms with van der Waals surface area (Å²) in [7, 11) is 0. The Labute approximate surface area is 148 Å². The zero-order valence-corrected chi connectivity index (χ0v) is 15.6. The molecule has 0 saturated heterocycles. The molecule has 142 valence electrons. The van der Waals surface area contributed by atoms with Crippen molar-refractivity contribution in [2.24, 2.45) is 11.7 Å². The van der Waals surface area contributed by atoms with Crippen LogP contribution >= 0.6 is 0 Å². The number of rotatable bonds is 10. The van der Waals surface area contributed by atoms with Crippen LogP contribution in [0.2, 0.25) is 0 Å². The maximum atomic E-state index is 12.3. The maximum absolute atomic E-state index is 12.3. The number of nitrogens with two attached hydrogens (primary N) is 1. The minimum Gasteiger partial charge on any atom is -0.378 e. The smallest absolute Gasteiger partial charge is 0.330 e. The highest BCUT2D eigenvalue weighted by atomic mass is 16.2. The largest absolute Gasteiger partial charge is 0.378 e. The quantitative estimate of drug-likeness (QED) is 0.507. The summed E-state index contributed by atoms with van der Waals surface area (Å²) in [4.78, 5) is 39.0. The molecule has 25 heavy (non-hydrogen) atoms. The van der Waals surface area contributed by atoms with Crippen LogP contribution in [0.5, 0.6) is 0 Å². The van der Waals surface area contributed by atoms with Gasteiger partial charge in [0.1, 0.15) is 11.5 Å². The highest BCUT2D eigenvalue weighted by Crippen LogP contribution is 2.17. The van der Waals surface area contributed by atoms with Crippen molar-refractivity contribution >= 4 is 17.4 Å². The van der Waals surface area contributed by atoms with Crippen LogP contribution in [0, 0.1) is 5.92 Å². The summed E-state index contributed by atoms with van der Waals surface area (Å²) < 4.78 is 1.39. The second kappa shape index (κ2) is 10.0. The van der Waals surface area contributed by atoms with Gasteiger partial charge in [-0.25, -0.2) is 4.79 Å². The monoisotopic (exact) mass is 353 g/mol. The van der Waals surface area contributed by atoms with Crippen molar-refractivity contribution in [2.45, 2.75) is 66.0 Å². The van der Waals surface area contributed by atoms with Crippen molar-refractivity contribution in [3.8, 4) is 0 Å². The first-order valence-electron chi connectivity index (χ1n) is 8.99. The Morgan fingerprint density at radius 1 is 1.28 bits per heavy atom. The molecule has 0 aliphatic carbocycles. The molecule has 8 heteroatoms. The average molecular weight is 353 g/mol. The molecule has 0 spiro atoms. The van der Waals surface area contributed by atoms with E-state index in [1.165, 1.54) is 4.57 Å². The van der Waals surface area contributed by atoms with E-state index in [2.05, 4.69) is 29.5 Å². The number of nitrogens with zero attached hydrogens (tertiary/aromatic N) is 1. The number of aromatic nitrogens is 2. The van der Waals surface area contributed by atoms with Gasteiger partial charge in [0.15, 0.2) is 0 Å². The van der Waals surface area contributed by atoms with Crippen LogP contribution in [-0.4, -0.2) is 28.0 Å². The first-order chi connectivity index (χ1) is 11.8. The fourth-order valence-electron chi connectivity index (χ4n) is 2.28. The van der Waals surface area contributed by atoms with E-state index in [0.717, 1.165) is 19.3 Å². The first kappa shape index (κ1) is 21.0. The van der Waals surface area contributed by atoms with Gasteiger partial charge in [-0.05, 0) is 25.2 Å². The number of hydrogen-bond donors (Lipinski definition) is 4. The summed E-state index contributed by atoms with van der Waals surface area (Å²) in [5, 5.41) is 5.74. The summed E-state index contributed by atoms with van der Waals surface area (Å²) in [6, 6.07) is -0.697. The molecular weight excluding hydrogens is 322 g/mol. The third-order valence-corrected chi connectivity index (χ3v) is 3.98. The number of amides is 1. The van der Waals surface area contributed by atoms with Crippen LogP contribution in [0.4, 0.5) is 11.5 Å². The standard InChI is InChI=1S/C17H31N5O3/c1-5-7-10-22-14(20-15(23)12(18)6-2)13(16(24)21-17(22)25)19-9-8-11(3)4/h11-12,19H,5-10,18H2,1-4H3,(H,20,23)(H,21,24,25)/t12-/m0/s1. The van der Waals surface area contributed by atoms with E-state index < -0.39 is 23.2 Å². The van der Waals surface area contributed by atoms with E-state index in [1.807, 2.05) is 6.92 Å². The minimum atomic E-state index is -0.697. The lowest BCUT2D eigenvalue weighted by Gasteiger charge is -2.19. The normalized spacial score (nSPS) is 12.2. The summed E-state index contributed by atoms with van der Waals surface area (Å²) in [5.74, 6) is 0.244. The molecule has 0 radical (unpaired) electrons. The van der Waals surface area contributed by atoms with E-state index in [0.29, 0.717) is 25.4 Å². The van der Waals surface area contributed by atoms with Gasteiger partial charge in [0, 0.05) is 13.1 Å². The lowest BCUT2D eigenvalue weighted by Crippen LogP contribution is -2.40. The number of carbonyl (C=O) groups excluding carboxylic acids is 1. The summed E-state index contributed by atoms with van der Waals surface area (Å²) in [6.07, 6.45) is 2.95. The predicted molar refractivity (Wildman–Crippen MR) is 101 cm³/mol. The van der Waals surface area contributed by atoms with Crippen LogP contribution in [0.25, 0.3) is 0 Å². The fraction of sp³-hybridized carbons (Fsp3) is 0.706. The van der Waals surface area contributed by atoms with Crippen LogP contribution in [-0.2, 0) is 11.3 Å². The van der Waals surface area contributed by atoms with Gasteiger partial charge in [-0.2, -0.15) is 0 Å². The Kier molecular flexibility index (Phi) is 8.40. The molecule has 1 heterocycles. The van der Waals surface area contributed by atoms with E-state index >= 15 is 0 Å². The molecule has 1 rings (SSSR count). The van der Waals surface area contributed by atoms with Gasteiger partial charge in [-0.1, -0.05) is 34.1 Å². The maximum Gasteiger partial charge on any atom is 0.330 e. The van der Waals surface area contributed by atoms with E-state index in [9.17, 15) is 14.4 Å². The van der Waals surface area contributed by atoms with Crippen molar-refractivity contribution in [3.05, 3.63) is 20.8 Å². The molecule has 0 unspecified atom stereocenters. The second-order valence-electron chi connectivity index (χ2n) is 6.60. The molecule has 1 aromatic rings. The third kappa shape index (κ3) is 6.04. The van der Waals surface area contributed by atoms with E-state index in [4.69, 9.17) is 5.73 Å². The number of carbonyl (C=O) groups is 1.